The molecule has 0 bridgehead atoms. The lowest BCUT2D eigenvalue weighted by molar-refractivity contribution is -0.118. The lowest BCUT2D eigenvalue weighted by Crippen LogP contribution is -2.28. The van der Waals surface area contributed by atoms with Crippen LogP contribution in [-0.4, -0.2) is 44.1 Å². The number of amides is 1. The third kappa shape index (κ3) is 7.13. The summed E-state index contributed by atoms with van der Waals surface area (Å²) in [5.41, 5.74) is 2.57. The number of halogens is 1. The van der Waals surface area contributed by atoms with Crippen LogP contribution in [0.25, 0.3) is 0 Å². The van der Waals surface area contributed by atoms with Crippen LogP contribution in [0, 0.1) is 4.91 Å². The summed E-state index contributed by atoms with van der Waals surface area (Å²) >= 11 is 6.54. The molecule has 0 radical (unpaired) electrons. The molecule has 0 aromatic heterocycles. The number of ether oxygens (including phenoxy) is 2. The van der Waals surface area contributed by atoms with Gasteiger partial charge in [0.2, 0.25) is 5.91 Å². The molecule has 1 saturated heterocycles. The summed E-state index contributed by atoms with van der Waals surface area (Å²) in [4.78, 5) is 28.3. The van der Waals surface area contributed by atoms with Crippen molar-refractivity contribution in [2.24, 2.45) is 4.95 Å². The van der Waals surface area contributed by atoms with Crippen molar-refractivity contribution in [2.75, 3.05) is 31.4 Å². The van der Waals surface area contributed by atoms with E-state index in [2.05, 4.69) is 4.95 Å². The third-order valence-electron chi connectivity index (χ3n) is 5.92. The first-order valence-corrected chi connectivity index (χ1v) is 12.9. The zero-order valence-corrected chi connectivity index (χ0v) is 21.5. The van der Waals surface area contributed by atoms with E-state index < -0.39 is 8.07 Å². The van der Waals surface area contributed by atoms with Crippen molar-refractivity contribution < 1.29 is 14.3 Å². The number of carbonyl (C=O) groups excluding carboxylic acids is 1. The largest absolute Gasteiger partial charge is 0.495 e. The molecule has 0 spiro atoms. The van der Waals surface area contributed by atoms with Gasteiger partial charge in [-0.05, 0) is 62.4 Å². The van der Waals surface area contributed by atoms with Crippen molar-refractivity contribution in [1.29, 1.82) is 0 Å². The Morgan fingerprint density at radius 3 is 2.69 bits per heavy atom. The van der Waals surface area contributed by atoms with Gasteiger partial charge in [0.25, 0.3) is 0 Å². The molecule has 1 aromatic carbocycles. The fraction of sp³-hybridized carbons (Fsp3) is 0.542. The van der Waals surface area contributed by atoms with Crippen molar-refractivity contribution in [2.45, 2.75) is 58.7 Å². The summed E-state index contributed by atoms with van der Waals surface area (Å²) in [6, 6.07) is 3.84. The van der Waals surface area contributed by atoms with Crippen LogP contribution in [0.1, 0.15) is 46.1 Å². The van der Waals surface area contributed by atoms with Gasteiger partial charge in [-0.15, -0.1) is 4.91 Å². The number of benzene rings is 1. The number of nitroso groups, excluding NO2 is 1. The van der Waals surface area contributed by atoms with Gasteiger partial charge in [-0.3, -0.25) is 4.79 Å². The van der Waals surface area contributed by atoms with Gasteiger partial charge in [0, 0.05) is 19.6 Å². The Bertz CT molecular complexity index is 889. The first-order chi connectivity index (χ1) is 15.1. The van der Waals surface area contributed by atoms with Crippen LogP contribution in [0.4, 0.5) is 5.69 Å². The van der Waals surface area contributed by atoms with Crippen LogP contribution in [0.2, 0.25) is 5.02 Å². The lowest BCUT2D eigenvalue weighted by atomic mass is 10.0. The monoisotopic (exact) mass is 480 g/mol. The molecule has 3 unspecified atom stereocenters. The highest BCUT2D eigenvalue weighted by Crippen LogP contribution is 2.41. The topological polar surface area (TPSA) is 71.5 Å². The number of carbonyl (C=O) groups is 1. The van der Waals surface area contributed by atoms with Gasteiger partial charge < -0.3 is 14.4 Å². The Hall–Kier alpha value is -1.75. The Balaban J connectivity index is 2.11. The maximum absolute atomic E-state index is 12.8. The van der Waals surface area contributed by atoms with E-state index in [1.807, 2.05) is 58.1 Å². The summed E-state index contributed by atoms with van der Waals surface area (Å²) in [6.45, 7) is 8.07. The molecule has 1 aromatic rings. The van der Waals surface area contributed by atoms with E-state index in [1.165, 1.54) is 0 Å². The number of hydrogen-bond acceptors (Lipinski definition) is 5. The number of epoxide rings is 1. The summed E-state index contributed by atoms with van der Waals surface area (Å²) < 4.78 is 11.0. The highest BCUT2D eigenvalue weighted by Gasteiger charge is 2.48. The molecule has 1 aliphatic heterocycles. The van der Waals surface area contributed by atoms with Gasteiger partial charge in [-0.25, -0.2) is 0 Å². The molecule has 32 heavy (non-hydrogen) atoms. The summed E-state index contributed by atoms with van der Waals surface area (Å²) in [5, 5.41) is 0.421. The van der Waals surface area contributed by atoms with E-state index in [9.17, 15) is 9.70 Å². The molecule has 1 fully saturated rings. The molecule has 0 N–H and O–H groups in total. The number of nitrogens with zero attached hydrogens (tertiary/aromatic N) is 2. The van der Waals surface area contributed by atoms with Gasteiger partial charge in [-0.2, -0.15) is 0 Å². The van der Waals surface area contributed by atoms with Crippen LogP contribution in [-0.2, 0) is 16.0 Å². The second kappa shape index (κ2) is 11.9. The average Bonchev–Trinajstić information content (AvgIpc) is 3.38. The van der Waals surface area contributed by atoms with E-state index in [0.717, 1.165) is 17.3 Å². The smallest absolute Gasteiger partial charge is 0.226 e. The zero-order chi connectivity index (χ0) is 23.9. The fourth-order valence-electron chi connectivity index (χ4n) is 3.44. The van der Waals surface area contributed by atoms with E-state index in [1.54, 1.807) is 19.1 Å². The average molecular weight is 481 g/mol. The normalized spacial score (nSPS) is 21.5. The van der Waals surface area contributed by atoms with Crippen molar-refractivity contribution in [3.05, 3.63) is 51.4 Å². The van der Waals surface area contributed by atoms with Crippen LogP contribution in [0.3, 0.4) is 0 Å². The maximum atomic E-state index is 12.8. The van der Waals surface area contributed by atoms with Gasteiger partial charge in [-0.1, -0.05) is 42.3 Å². The van der Waals surface area contributed by atoms with Crippen molar-refractivity contribution in [3.8, 4) is 5.75 Å². The second-order valence-electron chi connectivity index (χ2n) is 8.36. The van der Waals surface area contributed by atoms with Crippen molar-refractivity contribution >= 4 is 31.3 Å². The molecule has 6 nitrogen and oxygen atoms in total. The van der Waals surface area contributed by atoms with E-state index >= 15 is 0 Å². The lowest BCUT2D eigenvalue weighted by Gasteiger charge is -2.22. The molecule has 176 valence electrons. The Morgan fingerprint density at radius 1 is 1.44 bits per heavy atom. The van der Waals surface area contributed by atoms with Gasteiger partial charge >= 0.3 is 0 Å². The number of rotatable bonds is 12. The molecule has 1 heterocycles. The molecule has 0 aliphatic carbocycles. The number of hydrogen-bond donors (Lipinski definition) is 0. The minimum absolute atomic E-state index is 0.0126. The summed E-state index contributed by atoms with van der Waals surface area (Å²) in [7, 11) is 2.52. The molecular formula is C24H34ClN2O4P. The number of anilines is 1. The highest BCUT2D eigenvalue weighted by molar-refractivity contribution is 7.56. The number of allylic oxidation sites excluding steroid dienone is 4. The van der Waals surface area contributed by atoms with Crippen LogP contribution in [0.5, 0.6) is 5.75 Å². The Morgan fingerprint density at radius 2 is 2.12 bits per heavy atom. The van der Waals surface area contributed by atoms with E-state index in [4.69, 9.17) is 21.1 Å². The molecular weight excluding hydrogens is 447 g/mol. The molecule has 1 aliphatic rings. The minimum atomic E-state index is -0.796. The van der Waals surface area contributed by atoms with E-state index in [-0.39, 0.29) is 17.6 Å². The third-order valence-corrected chi connectivity index (χ3v) is 7.89. The first-order valence-electron chi connectivity index (χ1n) is 10.9. The molecule has 2 rings (SSSR count). The van der Waals surface area contributed by atoms with Crippen LogP contribution < -0.4 is 9.64 Å². The number of methoxy groups -OCH3 is 1. The predicted octanol–water partition coefficient (Wildman–Crippen LogP) is 6.50. The SMILES string of the molecule is CCP(C/C=C/C=C(\C)Cc1cc(OC)c(Cl)c(N(C)C(=O)CCC2(C)OC2C)c1)N=O. The van der Waals surface area contributed by atoms with E-state index in [0.29, 0.717) is 41.9 Å². The van der Waals surface area contributed by atoms with Crippen LogP contribution in [0.15, 0.2) is 40.9 Å². The predicted molar refractivity (Wildman–Crippen MR) is 134 cm³/mol. The first kappa shape index (κ1) is 26.5. The fourth-order valence-corrected chi connectivity index (χ4v) is 4.56. The highest BCUT2D eigenvalue weighted by atomic mass is 35.5. The van der Waals surface area contributed by atoms with Gasteiger partial charge in [0.1, 0.15) is 10.8 Å². The maximum Gasteiger partial charge on any atom is 0.226 e. The Kier molecular flexibility index (Phi) is 9.87. The van der Waals surface area contributed by atoms with Gasteiger partial charge in [0.05, 0.1) is 32.6 Å². The Labute approximate surface area is 197 Å². The molecule has 0 saturated carbocycles. The van der Waals surface area contributed by atoms with Crippen LogP contribution >= 0.6 is 19.7 Å². The quantitative estimate of drug-likeness (QED) is 0.148. The second-order valence-corrected chi connectivity index (χ2v) is 10.9. The summed E-state index contributed by atoms with van der Waals surface area (Å²) in [6.07, 6.45) is 9.44. The van der Waals surface area contributed by atoms with Gasteiger partial charge in [0.15, 0.2) is 0 Å². The molecule has 8 heteroatoms. The molecule has 3 atom stereocenters. The van der Waals surface area contributed by atoms with Crippen molar-refractivity contribution in [3.63, 3.8) is 0 Å². The zero-order valence-electron chi connectivity index (χ0n) is 19.9. The summed E-state index contributed by atoms with van der Waals surface area (Å²) in [5.74, 6) is 0.528. The van der Waals surface area contributed by atoms with Crippen molar-refractivity contribution in [1.82, 2.24) is 0 Å². The molecule has 1 amide bonds. The standard InChI is InChI=1S/C24H34ClN2O4P/c1-7-32(26-29)13-9-8-10-17(2)14-19-15-20(23(25)21(16-19)30-6)27(5)22(28)11-12-24(4)18(3)31-24/h8-10,15-16,18H,7,11-14H2,1-6H3/b9-8+,17-10+. The minimum Gasteiger partial charge on any atom is -0.495 e.